The molecule has 3 nitrogen and oxygen atoms in total. The van der Waals surface area contributed by atoms with Crippen LogP contribution in [0.4, 0.5) is 0 Å². The molecule has 0 atom stereocenters. The van der Waals surface area contributed by atoms with Crippen molar-refractivity contribution >= 4 is 16.8 Å². The van der Waals surface area contributed by atoms with Crippen molar-refractivity contribution in [3.05, 3.63) is 54.2 Å². The molecular formula is C16H18N2O. The van der Waals surface area contributed by atoms with E-state index >= 15 is 0 Å². The highest BCUT2D eigenvalue weighted by molar-refractivity contribution is 5.82. The first kappa shape index (κ1) is 13.3. The Balaban J connectivity index is 2.07. The van der Waals surface area contributed by atoms with Crippen LogP contribution in [0.5, 0.6) is 0 Å². The van der Waals surface area contributed by atoms with Gasteiger partial charge in [-0.2, -0.15) is 0 Å². The van der Waals surface area contributed by atoms with Gasteiger partial charge in [0.05, 0.1) is 5.52 Å². The number of nitrogens with one attached hydrogen (secondary N) is 1. The summed E-state index contributed by atoms with van der Waals surface area (Å²) in [4.78, 5) is 16.1. The largest absolute Gasteiger partial charge is 0.353 e. The van der Waals surface area contributed by atoms with Gasteiger partial charge in [-0.3, -0.25) is 9.78 Å². The number of nitrogens with zero attached hydrogens (tertiary/aromatic N) is 1. The molecule has 0 fully saturated rings. The quantitative estimate of drug-likeness (QED) is 0.834. The second-order valence-electron chi connectivity index (χ2n) is 4.54. The van der Waals surface area contributed by atoms with Crippen molar-refractivity contribution in [3.63, 3.8) is 0 Å². The van der Waals surface area contributed by atoms with E-state index in [1.165, 1.54) is 0 Å². The third-order valence-corrected chi connectivity index (χ3v) is 3.03. The molecule has 1 aromatic carbocycles. The number of pyridine rings is 1. The molecule has 1 N–H and O–H groups in total. The highest BCUT2D eigenvalue weighted by atomic mass is 16.1. The lowest BCUT2D eigenvalue weighted by atomic mass is 10.1. The number of aromatic nitrogens is 1. The summed E-state index contributed by atoms with van der Waals surface area (Å²) in [6.45, 7) is 6.14. The number of aryl methyl sites for hydroxylation is 2. The molecule has 1 amide bonds. The fourth-order valence-corrected chi connectivity index (χ4v) is 1.99. The summed E-state index contributed by atoms with van der Waals surface area (Å²) in [6.07, 6.45) is 2.79. The first-order chi connectivity index (χ1) is 9.20. The highest BCUT2D eigenvalue weighted by Crippen LogP contribution is 2.16. The van der Waals surface area contributed by atoms with Crippen molar-refractivity contribution in [2.75, 3.05) is 6.54 Å². The number of carbonyl (C=O) groups excluding carboxylic acids is 1. The number of fused-ring (bicyclic) bond motifs is 1. The van der Waals surface area contributed by atoms with Crippen LogP contribution < -0.4 is 5.32 Å². The molecule has 0 aliphatic rings. The summed E-state index contributed by atoms with van der Waals surface area (Å²) in [7, 11) is 0. The Kier molecular flexibility index (Phi) is 4.29. The van der Waals surface area contributed by atoms with Gasteiger partial charge in [0.15, 0.2) is 0 Å². The van der Waals surface area contributed by atoms with Crippen LogP contribution in [0.1, 0.15) is 17.7 Å². The zero-order chi connectivity index (χ0) is 13.7. The van der Waals surface area contributed by atoms with Gasteiger partial charge in [-0.1, -0.05) is 30.3 Å². The molecule has 0 unspecified atom stereocenters. The molecule has 0 radical (unpaired) electrons. The Hall–Kier alpha value is -2.16. The lowest BCUT2D eigenvalue weighted by molar-refractivity contribution is -0.120. The van der Waals surface area contributed by atoms with Gasteiger partial charge in [0.25, 0.3) is 0 Å². The van der Waals surface area contributed by atoms with Crippen molar-refractivity contribution in [3.8, 4) is 0 Å². The van der Waals surface area contributed by atoms with Gasteiger partial charge in [-0.05, 0) is 25.0 Å². The zero-order valence-corrected chi connectivity index (χ0v) is 11.1. The molecule has 19 heavy (non-hydrogen) atoms. The molecule has 0 spiro atoms. The molecule has 0 aliphatic carbocycles. The average Bonchev–Trinajstić information content (AvgIpc) is 2.43. The highest BCUT2D eigenvalue weighted by Gasteiger charge is 2.04. The van der Waals surface area contributed by atoms with E-state index in [1.54, 1.807) is 6.08 Å². The summed E-state index contributed by atoms with van der Waals surface area (Å²) < 4.78 is 0. The van der Waals surface area contributed by atoms with Crippen LogP contribution in [0.25, 0.3) is 10.9 Å². The number of benzene rings is 1. The van der Waals surface area contributed by atoms with Gasteiger partial charge in [-0.25, -0.2) is 0 Å². The number of para-hydroxylation sites is 1. The van der Waals surface area contributed by atoms with E-state index in [-0.39, 0.29) is 5.91 Å². The van der Waals surface area contributed by atoms with E-state index in [2.05, 4.69) is 42.0 Å². The number of carbonyl (C=O) groups is 1. The van der Waals surface area contributed by atoms with Crippen molar-refractivity contribution < 1.29 is 4.79 Å². The Bertz CT molecular complexity index is 605. The molecule has 2 rings (SSSR count). The van der Waals surface area contributed by atoms with Crippen LogP contribution in [-0.2, 0) is 11.2 Å². The van der Waals surface area contributed by atoms with E-state index in [0.717, 1.165) is 22.2 Å². The molecule has 98 valence electrons. The Labute approximate surface area is 113 Å². The van der Waals surface area contributed by atoms with Gasteiger partial charge in [0, 0.05) is 24.0 Å². The number of amides is 1. The summed E-state index contributed by atoms with van der Waals surface area (Å²) >= 11 is 0. The fraction of sp³-hybridized carbons (Fsp3) is 0.250. The number of hydrogen-bond acceptors (Lipinski definition) is 2. The SMILES string of the molecule is C=CCNC(=O)CCc1ccc2cccc(C)c2n1. The standard InChI is InChI=1S/C16H18N2O/c1-3-11-17-15(19)10-9-14-8-7-13-6-4-5-12(2)16(13)18-14/h3-8H,1,9-11H2,2H3,(H,17,19). The minimum absolute atomic E-state index is 0.0339. The minimum atomic E-state index is 0.0339. The first-order valence-corrected chi connectivity index (χ1v) is 6.43. The third-order valence-electron chi connectivity index (χ3n) is 3.03. The van der Waals surface area contributed by atoms with Gasteiger partial charge in [0.2, 0.25) is 5.91 Å². The van der Waals surface area contributed by atoms with E-state index < -0.39 is 0 Å². The van der Waals surface area contributed by atoms with Crippen LogP contribution in [-0.4, -0.2) is 17.4 Å². The van der Waals surface area contributed by atoms with E-state index in [0.29, 0.717) is 19.4 Å². The molecule has 0 saturated heterocycles. The van der Waals surface area contributed by atoms with Gasteiger partial charge in [-0.15, -0.1) is 6.58 Å². The van der Waals surface area contributed by atoms with Crippen molar-refractivity contribution in [1.29, 1.82) is 0 Å². The summed E-state index contributed by atoms with van der Waals surface area (Å²) in [5, 5.41) is 3.91. The smallest absolute Gasteiger partial charge is 0.220 e. The van der Waals surface area contributed by atoms with E-state index in [1.807, 2.05) is 12.1 Å². The van der Waals surface area contributed by atoms with Crippen LogP contribution in [0.15, 0.2) is 43.0 Å². The summed E-state index contributed by atoms with van der Waals surface area (Å²) in [6, 6.07) is 10.2. The number of rotatable bonds is 5. The van der Waals surface area contributed by atoms with Crippen LogP contribution in [0, 0.1) is 6.92 Å². The summed E-state index contributed by atoms with van der Waals surface area (Å²) in [5.74, 6) is 0.0339. The molecule has 0 saturated carbocycles. The Morgan fingerprint density at radius 3 is 3.00 bits per heavy atom. The maximum atomic E-state index is 11.5. The molecule has 3 heteroatoms. The average molecular weight is 254 g/mol. The third kappa shape index (κ3) is 3.41. The predicted molar refractivity (Wildman–Crippen MR) is 78.0 cm³/mol. The predicted octanol–water partition coefficient (Wildman–Crippen LogP) is 2.78. The van der Waals surface area contributed by atoms with Gasteiger partial charge in [0.1, 0.15) is 0 Å². The Morgan fingerprint density at radius 2 is 2.21 bits per heavy atom. The summed E-state index contributed by atoms with van der Waals surface area (Å²) in [5.41, 5.74) is 3.14. The molecule has 0 aliphatic heterocycles. The second-order valence-corrected chi connectivity index (χ2v) is 4.54. The zero-order valence-electron chi connectivity index (χ0n) is 11.1. The molecule has 0 bridgehead atoms. The molecule has 1 heterocycles. The minimum Gasteiger partial charge on any atom is -0.353 e. The van der Waals surface area contributed by atoms with Crippen molar-refractivity contribution in [1.82, 2.24) is 10.3 Å². The normalized spacial score (nSPS) is 10.4. The van der Waals surface area contributed by atoms with Gasteiger partial charge >= 0.3 is 0 Å². The lowest BCUT2D eigenvalue weighted by Gasteiger charge is -2.05. The maximum absolute atomic E-state index is 11.5. The van der Waals surface area contributed by atoms with Crippen LogP contribution in [0.3, 0.4) is 0 Å². The van der Waals surface area contributed by atoms with Crippen molar-refractivity contribution in [2.45, 2.75) is 19.8 Å². The lowest BCUT2D eigenvalue weighted by Crippen LogP contribution is -2.23. The monoisotopic (exact) mass is 254 g/mol. The fourth-order valence-electron chi connectivity index (χ4n) is 1.99. The Morgan fingerprint density at radius 1 is 1.37 bits per heavy atom. The van der Waals surface area contributed by atoms with Crippen LogP contribution >= 0.6 is 0 Å². The van der Waals surface area contributed by atoms with E-state index in [4.69, 9.17) is 0 Å². The van der Waals surface area contributed by atoms with E-state index in [9.17, 15) is 4.79 Å². The van der Waals surface area contributed by atoms with Gasteiger partial charge < -0.3 is 5.32 Å². The molecule has 1 aromatic heterocycles. The van der Waals surface area contributed by atoms with Crippen LogP contribution in [0.2, 0.25) is 0 Å². The molecular weight excluding hydrogens is 236 g/mol. The first-order valence-electron chi connectivity index (χ1n) is 6.43. The van der Waals surface area contributed by atoms with Crippen molar-refractivity contribution in [2.24, 2.45) is 0 Å². The number of hydrogen-bond donors (Lipinski definition) is 1. The second kappa shape index (κ2) is 6.14. The topological polar surface area (TPSA) is 42.0 Å². The maximum Gasteiger partial charge on any atom is 0.220 e. The molecule has 2 aromatic rings.